The Morgan fingerprint density at radius 2 is 2.00 bits per heavy atom. The van der Waals surface area contributed by atoms with E-state index in [1.165, 1.54) is 0 Å². The SMILES string of the molecule is CCCCCOC(=O)CS(=O)(=O)CCCC#N. The number of nitrogens with zero attached hydrogens (tertiary/aromatic N) is 1. The van der Waals surface area contributed by atoms with Gasteiger partial charge in [0.05, 0.1) is 18.4 Å². The van der Waals surface area contributed by atoms with Gasteiger partial charge in [0.25, 0.3) is 0 Å². The molecule has 0 aromatic rings. The highest BCUT2D eigenvalue weighted by molar-refractivity contribution is 7.92. The van der Waals surface area contributed by atoms with Crippen molar-refractivity contribution in [3.63, 3.8) is 0 Å². The molecule has 98 valence electrons. The first-order chi connectivity index (χ1) is 8.02. The Morgan fingerprint density at radius 3 is 2.59 bits per heavy atom. The molecule has 0 saturated heterocycles. The molecule has 0 aromatic heterocycles. The van der Waals surface area contributed by atoms with Crippen molar-refractivity contribution in [2.75, 3.05) is 18.1 Å². The van der Waals surface area contributed by atoms with E-state index in [4.69, 9.17) is 10.00 Å². The normalized spacial score (nSPS) is 10.8. The van der Waals surface area contributed by atoms with E-state index in [0.29, 0.717) is 0 Å². The summed E-state index contributed by atoms with van der Waals surface area (Å²) in [5, 5.41) is 8.28. The van der Waals surface area contributed by atoms with Crippen molar-refractivity contribution < 1.29 is 17.9 Å². The Labute approximate surface area is 103 Å². The lowest BCUT2D eigenvalue weighted by Gasteiger charge is -2.04. The van der Waals surface area contributed by atoms with Crippen LogP contribution in [0.15, 0.2) is 0 Å². The van der Waals surface area contributed by atoms with E-state index in [1.54, 1.807) is 0 Å². The minimum atomic E-state index is -3.42. The first kappa shape index (κ1) is 15.9. The second kappa shape index (κ2) is 8.99. The number of hydrogen-bond acceptors (Lipinski definition) is 5. The molecule has 17 heavy (non-hydrogen) atoms. The molecule has 0 spiro atoms. The van der Waals surface area contributed by atoms with Crippen molar-refractivity contribution in [1.29, 1.82) is 5.26 Å². The van der Waals surface area contributed by atoms with Crippen molar-refractivity contribution in [1.82, 2.24) is 0 Å². The van der Waals surface area contributed by atoms with Crippen LogP contribution in [0.1, 0.15) is 39.0 Å². The van der Waals surface area contributed by atoms with Gasteiger partial charge in [-0.05, 0) is 12.8 Å². The number of carbonyl (C=O) groups is 1. The van der Waals surface area contributed by atoms with Crippen molar-refractivity contribution in [3.8, 4) is 6.07 Å². The standard InChI is InChI=1S/C11H19NO4S/c1-2-3-5-8-16-11(13)10-17(14,15)9-6-4-7-12/h2-6,8-10H2,1H3. The van der Waals surface area contributed by atoms with Crippen LogP contribution in [0.3, 0.4) is 0 Å². The van der Waals surface area contributed by atoms with Crippen LogP contribution in [0.5, 0.6) is 0 Å². The van der Waals surface area contributed by atoms with Gasteiger partial charge >= 0.3 is 5.97 Å². The van der Waals surface area contributed by atoms with Crippen LogP contribution in [0.25, 0.3) is 0 Å². The largest absolute Gasteiger partial charge is 0.465 e. The Bertz CT molecular complexity index is 356. The maximum Gasteiger partial charge on any atom is 0.321 e. The molecule has 0 amide bonds. The van der Waals surface area contributed by atoms with E-state index < -0.39 is 21.6 Å². The van der Waals surface area contributed by atoms with Gasteiger partial charge in [0.15, 0.2) is 9.84 Å². The minimum absolute atomic E-state index is 0.134. The monoisotopic (exact) mass is 261 g/mol. The van der Waals surface area contributed by atoms with Gasteiger partial charge in [-0.25, -0.2) is 8.42 Å². The number of unbranched alkanes of at least 4 members (excludes halogenated alkanes) is 3. The fraction of sp³-hybridized carbons (Fsp3) is 0.818. The third-order valence-electron chi connectivity index (χ3n) is 2.09. The molecule has 5 nitrogen and oxygen atoms in total. The molecular formula is C11H19NO4S. The Hall–Kier alpha value is -1.09. The molecule has 0 radical (unpaired) electrons. The number of nitriles is 1. The molecule has 0 aromatic carbocycles. The molecule has 0 N–H and O–H groups in total. The summed E-state index contributed by atoms with van der Waals surface area (Å²) in [4.78, 5) is 11.2. The van der Waals surface area contributed by atoms with Gasteiger partial charge in [0.2, 0.25) is 0 Å². The van der Waals surface area contributed by atoms with Gasteiger partial charge in [0, 0.05) is 6.42 Å². The van der Waals surface area contributed by atoms with Crippen LogP contribution in [0.2, 0.25) is 0 Å². The first-order valence-corrected chi connectivity index (χ1v) is 7.57. The maximum absolute atomic E-state index is 11.4. The minimum Gasteiger partial charge on any atom is -0.465 e. The summed E-state index contributed by atoms with van der Waals surface area (Å²) in [6, 6.07) is 1.86. The van der Waals surface area contributed by atoms with E-state index >= 15 is 0 Å². The Balaban J connectivity index is 3.82. The Kier molecular flexibility index (Phi) is 8.42. The zero-order valence-corrected chi connectivity index (χ0v) is 11.0. The van der Waals surface area contributed by atoms with Crippen LogP contribution in [-0.2, 0) is 19.4 Å². The average molecular weight is 261 g/mol. The van der Waals surface area contributed by atoms with Crippen molar-refractivity contribution >= 4 is 15.8 Å². The third-order valence-corrected chi connectivity index (χ3v) is 3.68. The highest BCUT2D eigenvalue weighted by atomic mass is 32.2. The molecule has 6 heteroatoms. The molecule has 0 unspecified atom stereocenters. The highest BCUT2D eigenvalue weighted by Gasteiger charge is 2.17. The third kappa shape index (κ3) is 9.82. The average Bonchev–Trinajstić information content (AvgIpc) is 2.24. The molecule has 0 saturated carbocycles. The predicted octanol–water partition coefficient (Wildman–Crippen LogP) is 1.44. The van der Waals surface area contributed by atoms with E-state index in [2.05, 4.69) is 0 Å². The fourth-order valence-corrected chi connectivity index (χ4v) is 2.37. The molecule has 0 fully saturated rings. The number of carbonyl (C=O) groups excluding carboxylic acids is 1. The summed E-state index contributed by atoms with van der Waals surface area (Å²) in [7, 11) is -3.42. The zero-order valence-electron chi connectivity index (χ0n) is 10.1. The summed E-state index contributed by atoms with van der Waals surface area (Å²) in [6.45, 7) is 2.31. The topological polar surface area (TPSA) is 84.2 Å². The van der Waals surface area contributed by atoms with Crippen LogP contribution >= 0.6 is 0 Å². The van der Waals surface area contributed by atoms with E-state index in [0.717, 1.165) is 19.3 Å². The predicted molar refractivity (Wildman–Crippen MR) is 64.0 cm³/mol. The second-order valence-electron chi connectivity index (χ2n) is 3.78. The molecule has 0 aliphatic rings. The van der Waals surface area contributed by atoms with Crippen molar-refractivity contribution in [2.24, 2.45) is 0 Å². The van der Waals surface area contributed by atoms with Crippen LogP contribution in [0, 0.1) is 11.3 Å². The molecule has 0 rings (SSSR count). The molecule has 0 bridgehead atoms. The fourth-order valence-electron chi connectivity index (χ4n) is 1.20. The van der Waals surface area contributed by atoms with Crippen molar-refractivity contribution in [3.05, 3.63) is 0 Å². The number of esters is 1. The van der Waals surface area contributed by atoms with Crippen LogP contribution in [-0.4, -0.2) is 32.5 Å². The molecule has 0 aliphatic carbocycles. The Morgan fingerprint density at radius 1 is 1.29 bits per heavy atom. The molecule has 0 heterocycles. The first-order valence-electron chi connectivity index (χ1n) is 5.75. The van der Waals surface area contributed by atoms with Gasteiger partial charge in [-0.3, -0.25) is 4.79 Å². The zero-order chi connectivity index (χ0) is 13.1. The summed E-state index contributed by atoms with van der Waals surface area (Å²) in [5.74, 6) is -1.41. The van der Waals surface area contributed by atoms with Crippen LogP contribution < -0.4 is 0 Å². The number of ether oxygens (including phenoxy) is 1. The van der Waals surface area contributed by atoms with Crippen molar-refractivity contribution in [2.45, 2.75) is 39.0 Å². The van der Waals surface area contributed by atoms with Gasteiger partial charge < -0.3 is 4.74 Å². The molecule has 0 aliphatic heterocycles. The summed E-state index contributed by atoms with van der Waals surface area (Å²) in [6.07, 6.45) is 3.19. The van der Waals surface area contributed by atoms with Gasteiger partial charge in [-0.1, -0.05) is 19.8 Å². The number of hydrogen-bond donors (Lipinski definition) is 0. The second-order valence-corrected chi connectivity index (χ2v) is 5.97. The lowest BCUT2D eigenvalue weighted by Crippen LogP contribution is -2.21. The summed E-state index contributed by atoms with van der Waals surface area (Å²) >= 11 is 0. The van der Waals surface area contributed by atoms with Gasteiger partial charge in [0.1, 0.15) is 5.75 Å². The van der Waals surface area contributed by atoms with Gasteiger partial charge in [-0.2, -0.15) is 5.26 Å². The number of rotatable bonds is 9. The molecular weight excluding hydrogens is 242 g/mol. The molecule has 0 atom stereocenters. The lowest BCUT2D eigenvalue weighted by atomic mass is 10.3. The van der Waals surface area contributed by atoms with Crippen LogP contribution in [0.4, 0.5) is 0 Å². The highest BCUT2D eigenvalue weighted by Crippen LogP contribution is 2.00. The van der Waals surface area contributed by atoms with E-state index in [-0.39, 0.29) is 25.2 Å². The lowest BCUT2D eigenvalue weighted by molar-refractivity contribution is -0.140. The number of sulfone groups is 1. The summed E-state index contributed by atoms with van der Waals surface area (Å²) in [5.41, 5.74) is 0. The van der Waals surface area contributed by atoms with Gasteiger partial charge in [-0.15, -0.1) is 0 Å². The van der Waals surface area contributed by atoms with E-state index in [1.807, 2.05) is 13.0 Å². The van der Waals surface area contributed by atoms with E-state index in [9.17, 15) is 13.2 Å². The quantitative estimate of drug-likeness (QED) is 0.463. The smallest absolute Gasteiger partial charge is 0.321 e. The maximum atomic E-state index is 11.4. The summed E-state index contributed by atoms with van der Waals surface area (Å²) < 4.78 is 27.6.